The first-order chi connectivity index (χ1) is 15.4. The van der Waals surface area contributed by atoms with Crippen molar-refractivity contribution in [3.8, 4) is 17.2 Å². The quantitative estimate of drug-likeness (QED) is 0.543. The molecular formula is C22H19F3N2O5S. The Morgan fingerprint density at radius 2 is 1.88 bits per heavy atom. The third-order valence-corrected chi connectivity index (χ3v) is 6.38. The molecule has 1 aliphatic heterocycles. The minimum atomic E-state index is -4.66. The third-order valence-electron chi connectivity index (χ3n) is 5.27. The molecule has 2 aromatic carbocycles. The molecule has 0 saturated heterocycles. The van der Waals surface area contributed by atoms with Crippen LogP contribution in [0, 0.1) is 0 Å². The fraction of sp³-hybridized carbons (Fsp3) is 0.273. The lowest BCUT2D eigenvalue weighted by atomic mass is 10.1. The minimum absolute atomic E-state index is 0.181. The van der Waals surface area contributed by atoms with Crippen LogP contribution in [0.25, 0.3) is 11.5 Å². The molecule has 1 aromatic heterocycles. The Balaban J connectivity index is 1.66. The molecule has 0 unspecified atom stereocenters. The number of alkyl halides is 3. The van der Waals surface area contributed by atoms with Crippen LogP contribution in [-0.4, -0.2) is 42.7 Å². The average molecular weight is 480 g/mol. The Labute approximate surface area is 187 Å². The van der Waals surface area contributed by atoms with Gasteiger partial charge < -0.3 is 14.1 Å². The second-order valence-corrected chi connectivity index (χ2v) is 9.73. The van der Waals surface area contributed by atoms with Crippen molar-refractivity contribution < 1.29 is 35.5 Å². The van der Waals surface area contributed by atoms with Gasteiger partial charge in [-0.15, -0.1) is 0 Å². The molecule has 4 rings (SSSR count). The Kier molecular flexibility index (Phi) is 5.69. The summed E-state index contributed by atoms with van der Waals surface area (Å²) in [5.74, 6) is -0.562. The summed E-state index contributed by atoms with van der Waals surface area (Å²) in [7, 11) is -3.71. The molecule has 0 spiro atoms. The van der Waals surface area contributed by atoms with Gasteiger partial charge in [-0.3, -0.25) is 4.79 Å². The summed E-state index contributed by atoms with van der Waals surface area (Å²) < 4.78 is 73.4. The van der Waals surface area contributed by atoms with Crippen molar-refractivity contribution in [3.05, 3.63) is 65.5 Å². The monoisotopic (exact) mass is 480 g/mol. The topological polar surface area (TPSA) is 89.7 Å². The molecule has 0 bridgehead atoms. The largest absolute Gasteiger partial charge is 0.480 e. The molecule has 0 radical (unpaired) electrons. The molecule has 11 heteroatoms. The molecule has 1 amide bonds. The van der Waals surface area contributed by atoms with E-state index < -0.39 is 28.0 Å². The lowest BCUT2D eigenvalue weighted by Gasteiger charge is -2.22. The number of oxazole rings is 1. The predicted octanol–water partition coefficient (Wildman–Crippen LogP) is 4.23. The van der Waals surface area contributed by atoms with Crippen molar-refractivity contribution >= 4 is 15.7 Å². The Morgan fingerprint density at radius 1 is 1.15 bits per heavy atom. The lowest BCUT2D eigenvalue weighted by Crippen LogP contribution is -2.32. The number of rotatable bonds is 5. The van der Waals surface area contributed by atoms with E-state index in [9.17, 15) is 26.4 Å². The highest BCUT2D eigenvalue weighted by Crippen LogP contribution is 2.33. The molecule has 2 heterocycles. The third kappa shape index (κ3) is 4.72. The zero-order valence-electron chi connectivity index (χ0n) is 17.6. The Bertz CT molecular complexity index is 1300. The van der Waals surface area contributed by atoms with E-state index in [-0.39, 0.29) is 29.3 Å². The van der Waals surface area contributed by atoms with Crippen molar-refractivity contribution in [2.45, 2.75) is 37.2 Å². The van der Waals surface area contributed by atoms with Crippen LogP contribution in [0.4, 0.5) is 13.2 Å². The van der Waals surface area contributed by atoms with Crippen molar-refractivity contribution in [1.29, 1.82) is 0 Å². The van der Waals surface area contributed by atoms with Gasteiger partial charge in [-0.25, -0.2) is 13.4 Å². The van der Waals surface area contributed by atoms with E-state index in [1.807, 2.05) is 12.1 Å². The van der Waals surface area contributed by atoms with Crippen LogP contribution >= 0.6 is 0 Å². The van der Waals surface area contributed by atoms with E-state index in [1.54, 1.807) is 6.07 Å². The van der Waals surface area contributed by atoms with Crippen LogP contribution in [0.3, 0.4) is 0 Å². The van der Waals surface area contributed by atoms with E-state index in [0.717, 1.165) is 48.1 Å². The molecule has 174 valence electrons. The number of sulfone groups is 1. The summed E-state index contributed by atoms with van der Waals surface area (Å²) in [6, 6.07) is 8.68. The highest BCUT2D eigenvalue weighted by molar-refractivity contribution is 7.90. The summed E-state index contributed by atoms with van der Waals surface area (Å²) in [5.41, 5.74) is 2.14. The van der Waals surface area contributed by atoms with Crippen LogP contribution in [0.15, 0.2) is 58.2 Å². The number of carbonyl (C=O) groups excluding carboxylic acids is 1. The molecular weight excluding hydrogens is 461 g/mol. The number of halogens is 3. The number of carbonyl (C=O) groups is 1. The van der Waals surface area contributed by atoms with Crippen LogP contribution in [0.2, 0.25) is 0 Å². The number of nitrogens with zero attached hydrogens (tertiary/aromatic N) is 2. The summed E-state index contributed by atoms with van der Waals surface area (Å²) in [6.07, 6.45) is -2.94. The standard InChI is InChI=1S/C22H19F3N2O5S/c1-13(22(23,24)25)32-19-6-5-17(33(2,29)30)10-18(19)21(28)27-11-15-4-3-14(9-16(15)12-27)20-26-7-8-31-20/h3-10,13H,11-12H2,1-2H3/t13-/m0/s1. The smallest absolute Gasteiger partial charge is 0.425 e. The molecule has 0 fully saturated rings. The highest BCUT2D eigenvalue weighted by atomic mass is 32.2. The SMILES string of the molecule is C[C@H](Oc1ccc(S(C)(=O)=O)cc1C(=O)N1Cc2ccc(-c3ncco3)cc2C1)C(F)(F)F. The summed E-state index contributed by atoms with van der Waals surface area (Å²) in [5, 5.41) is 0. The van der Waals surface area contributed by atoms with Crippen LogP contribution in [-0.2, 0) is 22.9 Å². The fourth-order valence-corrected chi connectivity index (χ4v) is 4.12. The van der Waals surface area contributed by atoms with Crippen LogP contribution in [0.5, 0.6) is 5.75 Å². The number of hydrogen-bond donors (Lipinski definition) is 0. The number of hydrogen-bond acceptors (Lipinski definition) is 6. The average Bonchev–Trinajstić information content (AvgIpc) is 3.41. The first-order valence-corrected chi connectivity index (χ1v) is 11.7. The maximum absolute atomic E-state index is 13.3. The predicted molar refractivity (Wildman–Crippen MR) is 111 cm³/mol. The van der Waals surface area contributed by atoms with Crippen molar-refractivity contribution in [3.63, 3.8) is 0 Å². The van der Waals surface area contributed by atoms with Gasteiger partial charge in [-0.2, -0.15) is 13.2 Å². The first-order valence-electron chi connectivity index (χ1n) is 9.82. The number of aromatic nitrogens is 1. The molecule has 33 heavy (non-hydrogen) atoms. The number of benzene rings is 2. The van der Waals surface area contributed by atoms with Gasteiger partial charge in [0.2, 0.25) is 5.89 Å². The summed E-state index contributed by atoms with van der Waals surface area (Å²) in [4.78, 5) is 18.6. The molecule has 0 saturated carbocycles. The molecule has 3 aromatic rings. The highest BCUT2D eigenvalue weighted by Gasteiger charge is 2.39. The molecule has 0 aliphatic carbocycles. The second kappa shape index (κ2) is 8.22. The van der Waals surface area contributed by atoms with E-state index in [0.29, 0.717) is 5.89 Å². The van der Waals surface area contributed by atoms with E-state index >= 15 is 0 Å². The van der Waals surface area contributed by atoms with Crippen molar-refractivity contribution in [2.24, 2.45) is 0 Å². The second-order valence-electron chi connectivity index (χ2n) is 7.71. The normalized spacial score (nSPS) is 14.8. The van der Waals surface area contributed by atoms with Crippen LogP contribution in [0.1, 0.15) is 28.4 Å². The number of fused-ring (bicyclic) bond motifs is 1. The van der Waals surface area contributed by atoms with Gasteiger partial charge in [-0.05, 0) is 48.4 Å². The van der Waals surface area contributed by atoms with Gasteiger partial charge in [0.05, 0.1) is 16.7 Å². The lowest BCUT2D eigenvalue weighted by molar-refractivity contribution is -0.189. The first kappa shape index (κ1) is 22.8. The van der Waals surface area contributed by atoms with E-state index in [2.05, 4.69) is 4.98 Å². The minimum Gasteiger partial charge on any atom is -0.480 e. The van der Waals surface area contributed by atoms with Gasteiger partial charge >= 0.3 is 6.18 Å². The van der Waals surface area contributed by atoms with Crippen LogP contribution < -0.4 is 4.74 Å². The van der Waals surface area contributed by atoms with Gasteiger partial charge in [-0.1, -0.05) is 6.07 Å². The molecule has 7 nitrogen and oxygen atoms in total. The Morgan fingerprint density at radius 3 is 2.52 bits per heavy atom. The van der Waals surface area contributed by atoms with Gasteiger partial charge in [0.25, 0.3) is 5.91 Å². The van der Waals surface area contributed by atoms with Gasteiger partial charge in [0.15, 0.2) is 15.9 Å². The summed E-state index contributed by atoms with van der Waals surface area (Å²) >= 11 is 0. The maximum atomic E-state index is 13.3. The van der Waals surface area contributed by atoms with Gasteiger partial charge in [0, 0.05) is 24.9 Å². The maximum Gasteiger partial charge on any atom is 0.425 e. The van der Waals surface area contributed by atoms with E-state index in [4.69, 9.17) is 9.15 Å². The zero-order valence-corrected chi connectivity index (χ0v) is 18.4. The summed E-state index contributed by atoms with van der Waals surface area (Å²) in [6.45, 7) is 1.20. The zero-order chi connectivity index (χ0) is 24.0. The molecule has 1 atom stereocenters. The molecule has 0 N–H and O–H groups in total. The Hall–Kier alpha value is -3.34. The van der Waals surface area contributed by atoms with Crippen molar-refractivity contribution in [1.82, 2.24) is 9.88 Å². The fourth-order valence-electron chi connectivity index (χ4n) is 3.47. The molecule has 1 aliphatic rings. The number of ether oxygens (including phenoxy) is 1. The van der Waals surface area contributed by atoms with E-state index in [1.165, 1.54) is 17.4 Å². The van der Waals surface area contributed by atoms with Crippen molar-refractivity contribution in [2.75, 3.05) is 6.26 Å². The number of amides is 1. The van der Waals surface area contributed by atoms with Gasteiger partial charge in [0.1, 0.15) is 12.0 Å².